The summed E-state index contributed by atoms with van der Waals surface area (Å²) in [6.07, 6.45) is 6.23. The number of carbonyl (C=O) groups excluding carboxylic acids is 3. The maximum atomic E-state index is 14.1. The highest BCUT2D eigenvalue weighted by atomic mass is 16.2. The summed E-state index contributed by atoms with van der Waals surface area (Å²) in [5, 5.41) is 3.01. The van der Waals surface area contributed by atoms with E-state index < -0.39 is 12.0 Å². The SMILES string of the molecule is CCC(C)C[C@H](NC(=O)CC1CCCC1)C(=O)N1C(=O)C(C)c2ccccc2-c2c(N)cccc21. The molecule has 6 nitrogen and oxygen atoms in total. The van der Waals surface area contributed by atoms with Crippen molar-refractivity contribution in [2.75, 3.05) is 10.6 Å². The van der Waals surface area contributed by atoms with Crippen molar-refractivity contribution in [3.63, 3.8) is 0 Å². The summed E-state index contributed by atoms with van der Waals surface area (Å²) in [6, 6.07) is 12.2. The molecule has 6 heteroatoms. The molecule has 1 heterocycles. The third-order valence-corrected chi connectivity index (χ3v) is 7.74. The highest BCUT2D eigenvalue weighted by Gasteiger charge is 2.39. The summed E-state index contributed by atoms with van der Waals surface area (Å²) >= 11 is 0. The molecule has 3 atom stereocenters. The molecule has 0 bridgehead atoms. The van der Waals surface area contributed by atoms with Crippen LogP contribution < -0.4 is 16.0 Å². The van der Waals surface area contributed by atoms with Crippen LogP contribution >= 0.6 is 0 Å². The van der Waals surface area contributed by atoms with Crippen molar-refractivity contribution in [3.8, 4) is 11.1 Å². The average Bonchev–Trinajstić information content (AvgIpc) is 3.33. The fourth-order valence-electron chi connectivity index (χ4n) is 5.49. The van der Waals surface area contributed by atoms with Crippen molar-refractivity contribution in [2.45, 2.75) is 77.7 Å². The van der Waals surface area contributed by atoms with Gasteiger partial charge in [-0.2, -0.15) is 0 Å². The van der Waals surface area contributed by atoms with Gasteiger partial charge in [-0.25, -0.2) is 4.90 Å². The van der Waals surface area contributed by atoms with Crippen molar-refractivity contribution in [1.29, 1.82) is 0 Å². The second-order valence-electron chi connectivity index (χ2n) is 10.3. The van der Waals surface area contributed by atoms with Crippen LogP contribution in [0.1, 0.15) is 77.2 Å². The quantitative estimate of drug-likeness (QED) is 0.524. The van der Waals surface area contributed by atoms with Gasteiger partial charge in [0.25, 0.3) is 5.91 Å². The molecule has 1 aliphatic carbocycles. The molecule has 3 N–H and O–H groups in total. The summed E-state index contributed by atoms with van der Waals surface area (Å²) in [7, 11) is 0. The van der Waals surface area contributed by atoms with Gasteiger partial charge in [-0.05, 0) is 61.3 Å². The molecule has 1 aliphatic heterocycles. The molecule has 2 aromatic carbocycles. The third kappa shape index (κ3) is 5.12. The molecule has 1 saturated carbocycles. The molecule has 1 fully saturated rings. The van der Waals surface area contributed by atoms with Gasteiger partial charge in [0, 0.05) is 17.7 Å². The molecule has 2 aliphatic rings. The summed E-state index contributed by atoms with van der Waals surface area (Å²) < 4.78 is 0. The highest BCUT2D eigenvalue weighted by Crippen LogP contribution is 2.44. The van der Waals surface area contributed by atoms with E-state index >= 15 is 0 Å². The van der Waals surface area contributed by atoms with E-state index in [-0.39, 0.29) is 23.6 Å². The summed E-state index contributed by atoms with van der Waals surface area (Å²) in [6.45, 7) is 5.96. The Bertz CT molecular complexity index is 1110. The van der Waals surface area contributed by atoms with E-state index in [0.29, 0.717) is 35.7 Å². The Morgan fingerprint density at radius 2 is 1.83 bits per heavy atom. The fourth-order valence-corrected chi connectivity index (χ4v) is 5.49. The predicted molar refractivity (Wildman–Crippen MR) is 140 cm³/mol. The Morgan fingerprint density at radius 1 is 1.11 bits per heavy atom. The van der Waals surface area contributed by atoms with Crippen LogP contribution in [0.5, 0.6) is 0 Å². The van der Waals surface area contributed by atoms with Crippen LogP contribution in [0.25, 0.3) is 11.1 Å². The lowest BCUT2D eigenvalue weighted by molar-refractivity contribution is -0.132. The van der Waals surface area contributed by atoms with E-state index in [0.717, 1.165) is 43.2 Å². The number of hydrogen-bond acceptors (Lipinski definition) is 4. The Hall–Kier alpha value is -3.15. The minimum Gasteiger partial charge on any atom is -0.398 e. The molecular formula is C29H37N3O3. The first kappa shape index (κ1) is 25.0. The van der Waals surface area contributed by atoms with E-state index in [9.17, 15) is 14.4 Å². The molecule has 0 saturated heterocycles. The number of nitrogens with one attached hydrogen (secondary N) is 1. The zero-order chi connectivity index (χ0) is 25.1. The Kier molecular flexibility index (Phi) is 7.58. The van der Waals surface area contributed by atoms with Crippen molar-refractivity contribution >= 4 is 29.1 Å². The van der Waals surface area contributed by atoms with Crippen LogP contribution in [-0.2, 0) is 14.4 Å². The number of rotatable bonds is 7. The number of nitrogen functional groups attached to an aromatic ring is 1. The first-order valence-corrected chi connectivity index (χ1v) is 13.0. The van der Waals surface area contributed by atoms with E-state index in [1.807, 2.05) is 31.2 Å². The molecule has 0 radical (unpaired) electrons. The zero-order valence-corrected chi connectivity index (χ0v) is 21.0. The van der Waals surface area contributed by atoms with E-state index in [4.69, 9.17) is 5.73 Å². The molecule has 4 rings (SSSR count). The van der Waals surface area contributed by atoms with Crippen molar-refractivity contribution in [1.82, 2.24) is 5.32 Å². The number of anilines is 2. The van der Waals surface area contributed by atoms with Crippen LogP contribution in [0, 0.1) is 11.8 Å². The Balaban J connectivity index is 1.72. The smallest absolute Gasteiger partial charge is 0.256 e. The lowest BCUT2D eigenvalue weighted by Crippen LogP contribution is -2.52. The van der Waals surface area contributed by atoms with E-state index in [2.05, 4.69) is 19.2 Å². The standard InChI is InChI=1S/C29H37N3O3/c1-4-18(2)16-24(31-26(33)17-20-10-5-6-11-20)29(35)32-25-15-9-14-23(30)27(25)22-13-8-7-12-21(22)19(3)28(32)34/h7-9,12-15,18-20,24H,4-6,10-11,16-17,30H2,1-3H3,(H,31,33)/t18?,19?,24-/m0/s1. The summed E-state index contributed by atoms with van der Waals surface area (Å²) in [4.78, 5) is 42.2. The molecule has 0 aromatic heterocycles. The number of hydrogen-bond donors (Lipinski definition) is 2. The first-order chi connectivity index (χ1) is 16.8. The van der Waals surface area contributed by atoms with Crippen LogP contribution in [0.4, 0.5) is 11.4 Å². The number of fused-ring (bicyclic) bond motifs is 3. The Morgan fingerprint density at radius 3 is 2.54 bits per heavy atom. The van der Waals surface area contributed by atoms with Gasteiger partial charge in [0.1, 0.15) is 6.04 Å². The number of nitrogens with zero attached hydrogens (tertiary/aromatic N) is 1. The van der Waals surface area contributed by atoms with Gasteiger partial charge >= 0.3 is 0 Å². The molecule has 186 valence electrons. The molecule has 2 aromatic rings. The maximum Gasteiger partial charge on any atom is 0.256 e. The van der Waals surface area contributed by atoms with Gasteiger partial charge in [0.2, 0.25) is 11.8 Å². The van der Waals surface area contributed by atoms with Crippen LogP contribution in [-0.4, -0.2) is 23.8 Å². The molecule has 2 unspecified atom stereocenters. The monoisotopic (exact) mass is 475 g/mol. The van der Waals surface area contributed by atoms with Gasteiger partial charge in [0.05, 0.1) is 11.6 Å². The van der Waals surface area contributed by atoms with Crippen molar-refractivity contribution in [2.24, 2.45) is 11.8 Å². The number of carbonyl (C=O) groups is 3. The highest BCUT2D eigenvalue weighted by molar-refractivity contribution is 6.22. The van der Waals surface area contributed by atoms with Gasteiger partial charge in [-0.15, -0.1) is 0 Å². The minimum atomic E-state index is -0.773. The average molecular weight is 476 g/mol. The summed E-state index contributed by atoms with van der Waals surface area (Å²) in [5.74, 6) is -0.727. The molecule has 3 amide bonds. The zero-order valence-electron chi connectivity index (χ0n) is 21.0. The maximum absolute atomic E-state index is 14.1. The van der Waals surface area contributed by atoms with Crippen molar-refractivity contribution < 1.29 is 14.4 Å². The third-order valence-electron chi connectivity index (χ3n) is 7.74. The Labute approximate surface area is 208 Å². The minimum absolute atomic E-state index is 0.107. The normalized spacial score (nSPS) is 19.5. The number of amides is 3. The first-order valence-electron chi connectivity index (χ1n) is 13.0. The largest absolute Gasteiger partial charge is 0.398 e. The number of benzene rings is 2. The van der Waals surface area contributed by atoms with Crippen LogP contribution in [0.3, 0.4) is 0 Å². The summed E-state index contributed by atoms with van der Waals surface area (Å²) in [5.41, 5.74) is 9.80. The van der Waals surface area contributed by atoms with Gasteiger partial charge in [-0.3, -0.25) is 14.4 Å². The van der Waals surface area contributed by atoms with Crippen molar-refractivity contribution in [3.05, 3.63) is 48.0 Å². The topological polar surface area (TPSA) is 92.5 Å². The molecular weight excluding hydrogens is 438 g/mol. The number of imide groups is 1. The van der Waals surface area contributed by atoms with E-state index in [1.165, 1.54) is 4.90 Å². The van der Waals surface area contributed by atoms with Crippen LogP contribution in [0.2, 0.25) is 0 Å². The van der Waals surface area contributed by atoms with Crippen LogP contribution in [0.15, 0.2) is 42.5 Å². The predicted octanol–water partition coefficient (Wildman–Crippen LogP) is 5.41. The van der Waals surface area contributed by atoms with Gasteiger partial charge in [-0.1, -0.05) is 63.4 Å². The van der Waals surface area contributed by atoms with Gasteiger partial charge in [0.15, 0.2) is 0 Å². The molecule has 35 heavy (non-hydrogen) atoms. The second-order valence-corrected chi connectivity index (χ2v) is 10.3. The lowest BCUT2D eigenvalue weighted by Gasteiger charge is -2.29. The number of nitrogens with two attached hydrogens (primary N) is 1. The fraction of sp³-hybridized carbons (Fsp3) is 0.483. The lowest BCUT2D eigenvalue weighted by atomic mass is 9.92. The molecule has 0 spiro atoms. The van der Waals surface area contributed by atoms with E-state index in [1.54, 1.807) is 18.2 Å². The second kappa shape index (κ2) is 10.6. The van der Waals surface area contributed by atoms with Gasteiger partial charge < -0.3 is 11.1 Å².